The highest BCUT2D eigenvalue weighted by atomic mass is 16.1. The Balaban J connectivity index is 1.58. The fraction of sp³-hybridized carbons (Fsp3) is 0.0952. The zero-order valence-electron chi connectivity index (χ0n) is 14.1. The van der Waals surface area contributed by atoms with E-state index < -0.39 is 0 Å². The molecule has 3 aromatic rings. The summed E-state index contributed by atoms with van der Waals surface area (Å²) in [6, 6.07) is 21.8. The van der Waals surface area contributed by atoms with Gasteiger partial charge in [-0.15, -0.1) is 0 Å². The van der Waals surface area contributed by atoms with Crippen molar-refractivity contribution >= 4 is 23.5 Å². The van der Waals surface area contributed by atoms with Gasteiger partial charge in [-0.05, 0) is 35.4 Å². The first-order valence-corrected chi connectivity index (χ1v) is 8.47. The van der Waals surface area contributed by atoms with Crippen LogP contribution in [-0.4, -0.2) is 22.1 Å². The van der Waals surface area contributed by atoms with Crippen molar-refractivity contribution in [3.63, 3.8) is 0 Å². The third-order valence-electron chi connectivity index (χ3n) is 4.40. The van der Waals surface area contributed by atoms with E-state index in [1.807, 2.05) is 60.7 Å². The van der Waals surface area contributed by atoms with Gasteiger partial charge in [-0.2, -0.15) is 5.10 Å². The van der Waals surface area contributed by atoms with Crippen LogP contribution in [0, 0.1) is 0 Å². The molecular formula is C21H18N4O. The van der Waals surface area contributed by atoms with Crippen LogP contribution in [0.25, 0.3) is 0 Å². The molecule has 1 aliphatic rings. The molecule has 1 unspecified atom stereocenters. The quantitative estimate of drug-likeness (QED) is 0.709. The number of anilines is 2. The summed E-state index contributed by atoms with van der Waals surface area (Å²) in [5, 5.41) is 9.39. The standard InChI is InChI=1S/C21H18N4O/c26-15-25-21(16-5-2-1-3-6-16)14-20(24-25)17-7-4-8-19(13-17)23-18-9-11-22-12-10-18/h1-13,15,21H,14H2,(H,22,23). The Hall–Kier alpha value is -3.47. The molecule has 0 bridgehead atoms. The van der Waals surface area contributed by atoms with E-state index in [0.717, 1.165) is 34.6 Å². The first-order valence-electron chi connectivity index (χ1n) is 8.47. The van der Waals surface area contributed by atoms with Gasteiger partial charge in [0.1, 0.15) is 0 Å². The smallest absolute Gasteiger partial charge is 0.230 e. The molecule has 1 N–H and O–H groups in total. The Bertz CT molecular complexity index is 925. The predicted molar refractivity (Wildman–Crippen MR) is 102 cm³/mol. The molecule has 5 heteroatoms. The Morgan fingerprint density at radius 1 is 0.962 bits per heavy atom. The zero-order valence-corrected chi connectivity index (χ0v) is 14.1. The molecule has 0 saturated carbocycles. The SMILES string of the molecule is O=CN1N=C(c2cccc(Nc3ccncc3)c2)CC1c1ccccc1. The molecule has 0 aliphatic carbocycles. The minimum atomic E-state index is -0.0551. The van der Waals surface area contributed by atoms with Crippen LogP contribution < -0.4 is 5.32 Å². The summed E-state index contributed by atoms with van der Waals surface area (Å²) >= 11 is 0. The number of pyridine rings is 1. The fourth-order valence-electron chi connectivity index (χ4n) is 3.12. The van der Waals surface area contributed by atoms with E-state index in [2.05, 4.69) is 21.5 Å². The third kappa shape index (κ3) is 3.32. The van der Waals surface area contributed by atoms with Crippen LogP contribution in [-0.2, 0) is 4.79 Å². The molecule has 1 aromatic heterocycles. The van der Waals surface area contributed by atoms with Crippen molar-refractivity contribution in [2.45, 2.75) is 12.5 Å². The van der Waals surface area contributed by atoms with Crippen molar-refractivity contribution < 1.29 is 4.79 Å². The van der Waals surface area contributed by atoms with Crippen LogP contribution in [0.1, 0.15) is 23.6 Å². The van der Waals surface area contributed by atoms with Crippen LogP contribution in [0.4, 0.5) is 11.4 Å². The maximum absolute atomic E-state index is 11.5. The molecule has 5 nitrogen and oxygen atoms in total. The van der Waals surface area contributed by atoms with E-state index in [1.165, 1.54) is 5.01 Å². The van der Waals surface area contributed by atoms with Gasteiger partial charge in [0, 0.05) is 30.2 Å². The van der Waals surface area contributed by atoms with Crippen molar-refractivity contribution in [1.82, 2.24) is 9.99 Å². The molecule has 128 valence electrons. The van der Waals surface area contributed by atoms with E-state index in [4.69, 9.17) is 0 Å². The molecule has 1 atom stereocenters. The Kier molecular flexibility index (Phi) is 4.43. The van der Waals surface area contributed by atoms with Crippen LogP contribution in [0.5, 0.6) is 0 Å². The molecule has 2 heterocycles. The normalized spacial score (nSPS) is 16.2. The molecule has 26 heavy (non-hydrogen) atoms. The molecular weight excluding hydrogens is 324 g/mol. The second-order valence-corrected chi connectivity index (χ2v) is 6.10. The minimum Gasteiger partial charge on any atom is -0.355 e. The lowest BCUT2D eigenvalue weighted by Gasteiger charge is -2.17. The van der Waals surface area contributed by atoms with Crippen molar-refractivity contribution in [2.24, 2.45) is 5.10 Å². The van der Waals surface area contributed by atoms with Gasteiger partial charge in [0.05, 0.1) is 11.8 Å². The molecule has 1 amide bonds. The van der Waals surface area contributed by atoms with Gasteiger partial charge in [-0.1, -0.05) is 42.5 Å². The number of rotatable bonds is 5. The number of carbonyl (C=O) groups is 1. The first kappa shape index (κ1) is 16.0. The highest BCUT2D eigenvalue weighted by molar-refractivity contribution is 6.03. The van der Waals surface area contributed by atoms with E-state index in [9.17, 15) is 4.79 Å². The van der Waals surface area contributed by atoms with Crippen LogP contribution in [0.15, 0.2) is 84.2 Å². The Labute approximate surface area is 152 Å². The lowest BCUT2D eigenvalue weighted by Crippen LogP contribution is -2.17. The zero-order chi connectivity index (χ0) is 17.8. The predicted octanol–water partition coefficient (Wildman–Crippen LogP) is 4.13. The monoisotopic (exact) mass is 342 g/mol. The number of hydrogen-bond acceptors (Lipinski definition) is 4. The summed E-state index contributed by atoms with van der Waals surface area (Å²) in [6.45, 7) is 0. The minimum absolute atomic E-state index is 0.0551. The second-order valence-electron chi connectivity index (χ2n) is 6.10. The number of hydrogen-bond donors (Lipinski definition) is 1. The molecule has 0 fully saturated rings. The van der Waals surface area contributed by atoms with Gasteiger partial charge in [0.25, 0.3) is 0 Å². The highest BCUT2D eigenvalue weighted by Gasteiger charge is 2.28. The van der Waals surface area contributed by atoms with Crippen molar-refractivity contribution in [3.05, 3.63) is 90.3 Å². The average Bonchev–Trinajstić information content (AvgIpc) is 3.14. The third-order valence-corrected chi connectivity index (χ3v) is 4.40. The van der Waals surface area contributed by atoms with Gasteiger partial charge >= 0.3 is 0 Å². The molecule has 0 saturated heterocycles. The van der Waals surface area contributed by atoms with Crippen molar-refractivity contribution in [2.75, 3.05) is 5.32 Å². The fourth-order valence-corrected chi connectivity index (χ4v) is 3.12. The molecule has 1 aliphatic heterocycles. The summed E-state index contributed by atoms with van der Waals surface area (Å²) in [5.41, 5.74) is 4.95. The maximum atomic E-state index is 11.5. The molecule has 0 radical (unpaired) electrons. The first-order chi connectivity index (χ1) is 12.8. The average molecular weight is 342 g/mol. The van der Waals surface area contributed by atoms with Crippen LogP contribution >= 0.6 is 0 Å². The maximum Gasteiger partial charge on any atom is 0.230 e. The number of amides is 1. The highest BCUT2D eigenvalue weighted by Crippen LogP contribution is 2.32. The van der Waals surface area contributed by atoms with E-state index >= 15 is 0 Å². The van der Waals surface area contributed by atoms with Gasteiger partial charge in [0.15, 0.2) is 0 Å². The Morgan fingerprint density at radius 2 is 1.77 bits per heavy atom. The van der Waals surface area contributed by atoms with Gasteiger partial charge in [0.2, 0.25) is 6.41 Å². The van der Waals surface area contributed by atoms with E-state index in [-0.39, 0.29) is 6.04 Å². The number of nitrogens with one attached hydrogen (secondary N) is 1. The van der Waals surface area contributed by atoms with E-state index in [0.29, 0.717) is 6.42 Å². The number of benzene rings is 2. The lowest BCUT2D eigenvalue weighted by atomic mass is 9.98. The molecule has 2 aromatic carbocycles. The topological polar surface area (TPSA) is 57.6 Å². The number of nitrogens with zero attached hydrogens (tertiary/aromatic N) is 3. The van der Waals surface area contributed by atoms with Crippen LogP contribution in [0.3, 0.4) is 0 Å². The van der Waals surface area contributed by atoms with Gasteiger partial charge in [-0.3, -0.25) is 9.78 Å². The number of hydrazone groups is 1. The molecule has 4 rings (SSSR count). The number of aromatic nitrogens is 1. The Morgan fingerprint density at radius 3 is 2.54 bits per heavy atom. The second kappa shape index (κ2) is 7.19. The van der Waals surface area contributed by atoms with Gasteiger partial charge < -0.3 is 5.32 Å². The lowest BCUT2D eigenvalue weighted by molar-refractivity contribution is -0.119. The summed E-state index contributed by atoms with van der Waals surface area (Å²) in [5.74, 6) is 0. The van der Waals surface area contributed by atoms with Gasteiger partial charge in [-0.25, -0.2) is 5.01 Å². The summed E-state index contributed by atoms with van der Waals surface area (Å²) in [4.78, 5) is 15.5. The largest absolute Gasteiger partial charge is 0.355 e. The summed E-state index contributed by atoms with van der Waals surface area (Å²) in [6.07, 6.45) is 4.99. The van der Waals surface area contributed by atoms with Crippen LogP contribution in [0.2, 0.25) is 0 Å². The summed E-state index contributed by atoms with van der Waals surface area (Å²) in [7, 11) is 0. The number of carbonyl (C=O) groups excluding carboxylic acids is 1. The van der Waals surface area contributed by atoms with Crippen molar-refractivity contribution in [3.8, 4) is 0 Å². The van der Waals surface area contributed by atoms with Crippen molar-refractivity contribution in [1.29, 1.82) is 0 Å². The summed E-state index contributed by atoms with van der Waals surface area (Å²) < 4.78 is 0. The van der Waals surface area contributed by atoms with E-state index in [1.54, 1.807) is 12.4 Å². The molecule has 0 spiro atoms.